The minimum Gasteiger partial charge on any atom is -0.480 e. The predicted octanol–water partition coefficient (Wildman–Crippen LogP) is -1.85. The van der Waals surface area contributed by atoms with Crippen LogP contribution in [0.25, 0.3) is 0 Å². The molecule has 0 bridgehead atoms. The molecule has 2 fully saturated rings. The largest absolute Gasteiger partial charge is 0.480 e. The predicted molar refractivity (Wildman–Crippen MR) is 99.3 cm³/mol. The number of esters is 1. The molecule has 5 N–H and O–H groups in total. The zero-order chi connectivity index (χ0) is 21.0. The summed E-state index contributed by atoms with van der Waals surface area (Å²) in [6.07, 6.45) is -1.17. The minimum atomic E-state index is -1.32. The van der Waals surface area contributed by atoms with E-state index in [1.54, 1.807) is 6.92 Å². The summed E-state index contributed by atoms with van der Waals surface area (Å²) >= 11 is 1.23. The molecule has 0 aromatic rings. The van der Waals surface area contributed by atoms with Crippen molar-refractivity contribution in [2.45, 2.75) is 37.4 Å². The quantitative estimate of drug-likeness (QED) is 0.0918. The van der Waals surface area contributed by atoms with Gasteiger partial charge in [0, 0.05) is 5.75 Å². The van der Waals surface area contributed by atoms with Crippen molar-refractivity contribution in [3.05, 3.63) is 0 Å². The third-order valence-corrected chi connectivity index (χ3v) is 5.71. The number of β-lactam (4-membered cyclic amide) rings is 1. The van der Waals surface area contributed by atoms with E-state index >= 15 is 0 Å². The Balaban J connectivity index is 2.18. The maximum absolute atomic E-state index is 12.5. The lowest BCUT2D eigenvalue weighted by molar-refractivity contribution is -0.166. The number of aliphatic hydroxyl groups is 1. The summed E-state index contributed by atoms with van der Waals surface area (Å²) < 4.78 is 4.96. The number of hydrogen-bond donors (Lipinski definition) is 4. The Morgan fingerprint density at radius 2 is 2.18 bits per heavy atom. The summed E-state index contributed by atoms with van der Waals surface area (Å²) in [7, 11) is 1.28. The normalized spacial score (nSPS) is 28.7. The number of hydrogen-bond acceptors (Lipinski definition) is 10. The number of fused-ring (bicyclic) bond motifs is 1. The van der Waals surface area contributed by atoms with Crippen LogP contribution in [0.3, 0.4) is 0 Å². The molecule has 2 aliphatic rings. The number of oxime groups is 1. The van der Waals surface area contributed by atoms with E-state index in [0.29, 0.717) is 0 Å². The summed E-state index contributed by atoms with van der Waals surface area (Å²) in [5.41, 5.74) is 0.0327. The van der Waals surface area contributed by atoms with E-state index < -0.39 is 47.3 Å². The van der Waals surface area contributed by atoms with Crippen molar-refractivity contribution in [1.29, 1.82) is 0 Å². The molecule has 2 rings (SSSR count). The molecule has 0 aromatic carbocycles. The Labute approximate surface area is 165 Å². The van der Waals surface area contributed by atoms with Crippen molar-refractivity contribution >= 4 is 41.2 Å². The van der Waals surface area contributed by atoms with E-state index in [1.807, 2.05) is 0 Å². The molecule has 0 saturated carbocycles. The van der Waals surface area contributed by atoms with Gasteiger partial charge in [-0.25, -0.2) is 4.79 Å². The monoisotopic (exact) mass is 417 g/mol. The molecule has 2 saturated heterocycles. The molecule has 4 unspecified atom stereocenters. The van der Waals surface area contributed by atoms with Crippen LogP contribution in [0, 0.1) is 5.92 Å². The van der Waals surface area contributed by atoms with Crippen molar-refractivity contribution in [3.8, 4) is 0 Å². The first kappa shape index (κ1) is 21.8. The van der Waals surface area contributed by atoms with Crippen LogP contribution in [0.4, 0.5) is 0 Å². The van der Waals surface area contributed by atoms with Gasteiger partial charge in [0.15, 0.2) is 11.9 Å². The molecular formula is C15H23N5O7S. The number of aliphatic carboxylic acids is 1. The van der Waals surface area contributed by atoms with E-state index in [9.17, 15) is 24.6 Å². The fraction of sp³-hybridized carbons (Fsp3) is 0.667. The number of ether oxygens (including phenoxy) is 1. The fourth-order valence-electron chi connectivity index (χ4n) is 2.98. The van der Waals surface area contributed by atoms with E-state index in [0.717, 1.165) is 4.90 Å². The van der Waals surface area contributed by atoms with Crippen molar-refractivity contribution in [2.24, 2.45) is 22.0 Å². The Bertz CT molecular complexity index is 700. The second-order valence-corrected chi connectivity index (χ2v) is 7.20. The highest BCUT2D eigenvalue weighted by molar-refractivity contribution is 8.00. The SMILES string of the molecule is CCOC(=O)C(C)C(=NOC)C(=NN)NC1C(=O)N2C(C(=O)O)C(O)CS[C@@H]12. The molecule has 0 aromatic heterocycles. The molecular weight excluding hydrogens is 394 g/mol. The summed E-state index contributed by atoms with van der Waals surface area (Å²) in [5, 5.41) is 28.8. The van der Waals surface area contributed by atoms with Gasteiger partial charge in [0.1, 0.15) is 30.2 Å². The molecule has 0 spiro atoms. The zero-order valence-corrected chi connectivity index (χ0v) is 16.4. The Morgan fingerprint density at radius 3 is 2.71 bits per heavy atom. The van der Waals surface area contributed by atoms with Crippen molar-refractivity contribution in [1.82, 2.24) is 10.2 Å². The van der Waals surface area contributed by atoms with Gasteiger partial charge >= 0.3 is 11.9 Å². The van der Waals surface area contributed by atoms with Gasteiger partial charge in [0.2, 0.25) is 5.91 Å². The number of nitrogens with one attached hydrogen (secondary N) is 1. The standard InChI is InChI=1S/C15H23N5O7S/c1-4-27-15(25)6(2)8(19-26-3)11(18-16)17-9-12(22)20-10(14(23)24)7(21)5-28-13(9)20/h6-7,9-10,13,21H,4-5,16H2,1-3H3,(H,17,18)(H,23,24)/t6?,7?,9?,10?,13-/m0/s1. The number of nitrogens with zero attached hydrogens (tertiary/aromatic N) is 3. The first-order chi connectivity index (χ1) is 13.3. The molecule has 13 heteroatoms. The van der Waals surface area contributed by atoms with Gasteiger partial charge in [0.25, 0.3) is 0 Å². The van der Waals surface area contributed by atoms with E-state index in [2.05, 4.69) is 15.6 Å². The van der Waals surface area contributed by atoms with Gasteiger partial charge in [0.05, 0.1) is 12.7 Å². The number of rotatable bonds is 7. The number of aliphatic hydroxyl groups excluding tert-OH is 1. The molecule has 5 atom stereocenters. The number of thioether (sulfide) groups is 1. The molecule has 28 heavy (non-hydrogen) atoms. The van der Waals surface area contributed by atoms with Crippen LogP contribution in [-0.4, -0.2) is 87.5 Å². The summed E-state index contributed by atoms with van der Waals surface area (Å²) in [4.78, 5) is 41.8. The maximum Gasteiger partial charge on any atom is 0.329 e. The number of hydrazone groups is 1. The molecule has 2 heterocycles. The minimum absolute atomic E-state index is 0.0327. The van der Waals surface area contributed by atoms with Gasteiger partial charge in [-0.3, -0.25) is 9.59 Å². The number of carbonyl (C=O) groups excluding carboxylic acids is 2. The summed E-state index contributed by atoms with van der Waals surface area (Å²) in [6, 6.07) is -2.17. The first-order valence-corrected chi connectivity index (χ1v) is 9.50. The number of nitrogens with two attached hydrogens (primary N) is 1. The fourth-order valence-corrected chi connectivity index (χ4v) is 4.33. The van der Waals surface area contributed by atoms with Crippen LogP contribution >= 0.6 is 11.8 Å². The molecule has 1 amide bonds. The average Bonchev–Trinajstić information content (AvgIpc) is 2.66. The van der Waals surface area contributed by atoms with E-state index in [4.69, 9.17) is 15.4 Å². The molecule has 0 aliphatic carbocycles. The van der Waals surface area contributed by atoms with Gasteiger partial charge in [-0.2, -0.15) is 5.10 Å². The van der Waals surface area contributed by atoms with Crippen molar-refractivity contribution < 1.29 is 34.2 Å². The van der Waals surface area contributed by atoms with Crippen molar-refractivity contribution in [3.63, 3.8) is 0 Å². The van der Waals surface area contributed by atoms with Crippen molar-refractivity contribution in [2.75, 3.05) is 19.5 Å². The highest BCUT2D eigenvalue weighted by Crippen LogP contribution is 2.38. The Morgan fingerprint density at radius 1 is 1.50 bits per heavy atom. The lowest BCUT2D eigenvalue weighted by Crippen LogP contribution is -2.77. The average molecular weight is 417 g/mol. The lowest BCUT2D eigenvalue weighted by Gasteiger charge is -2.53. The Kier molecular flexibility index (Phi) is 7.07. The number of amides is 1. The Hall–Kier alpha value is -2.54. The van der Waals surface area contributed by atoms with Gasteiger partial charge in [-0.1, -0.05) is 5.16 Å². The third-order valence-electron chi connectivity index (χ3n) is 4.34. The number of carboxylic acid groups (broad SMARTS) is 1. The van der Waals surface area contributed by atoms with Gasteiger partial charge < -0.3 is 35.8 Å². The van der Waals surface area contributed by atoms with Gasteiger partial charge in [-0.15, -0.1) is 11.8 Å². The molecule has 12 nitrogen and oxygen atoms in total. The summed E-state index contributed by atoms with van der Waals surface area (Å²) in [5.74, 6) is 2.24. The maximum atomic E-state index is 12.5. The first-order valence-electron chi connectivity index (χ1n) is 8.45. The summed E-state index contributed by atoms with van der Waals surface area (Å²) in [6.45, 7) is 3.34. The van der Waals surface area contributed by atoms with Crippen LogP contribution in [0.15, 0.2) is 10.3 Å². The smallest absolute Gasteiger partial charge is 0.329 e. The number of amidine groups is 1. The highest BCUT2D eigenvalue weighted by atomic mass is 32.2. The van der Waals surface area contributed by atoms with Crippen LogP contribution in [0.1, 0.15) is 13.8 Å². The number of carbonyl (C=O) groups is 3. The van der Waals surface area contributed by atoms with E-state index in [-0.39, 0.29) is 23.9 Å². The number of carboxylic acids is 1. The van der Waals surface area contributed by atoms with Crippen LogP contribution < -0.4 is 11.2 Å². The highest BCUT2D eigenvalue weighted by Gasteiger charge is 2.57. The lowest BCUT2D eigenvalue weighted by atomic mass is 9.98. The third kappa shape index (κ3) is 3.99. The van der Waals surface area contributed by atoms with Crippen LogP contribution in [0.2, 0.25) is 0 Å². The van der Waals surface area contributed by atoms with Gasteiger partial charge in [-0.05, 0) is 13.8 Å². The topological polar surface area (TPSA) is 176 Å². The van der Waals surface area contributed by atoms with Crippen LogP contribution in [0.5, 0.6) is 0 Å². The second kappa shape index (κ2) is 9.10. The zero-order valence-electron chi connectivity index (χ0n) is 15.6. The van der Waals surface area contributed by atoms with Crippen LogP contribution in [-0.2, 0) is 24.0 Å². The van der Waals surface area contributed by atoms with E-state index in [1.165, 1.54) is 25.8 Å². The molecule has 156 valence electrons. The molecule has 0 radical (unpaired) electrons. The molecule has 2 aliphatic heterocycles. The second-order valence-electron chi connectivity index (χ2n) is 6.05.